The molecule has 0 spiro atoms. The van der Waals surface area contributed by atoms with Gasteiger partial charge in [0.2, 0.25) is 0 Å². The number of nitrogens with one attached hydrogen (secondary N) is 3. The third kappa shape index (κ3) is 3.53. The Bertz CT molecular complexity index is 1280. The van der Waals surface area contributed by atoms with Crippen molar-refractivity contribution < 1.29 is 4.79 Å². The summed E-state index contributed by atoms with van der Waals surface area (Å²) in [6.45, 7) is 10.2. The van der Waals surface area contributed by atoms with Crippen LogP contribution in [0.3, 0.4) is 0 Å². The smallest absolute Gasteiger partial charge is 0.276 e. The molecule has 8 heteroatoms. The SMILES string of the molecule is Cc1cn2nc(C(=O)Nc3ccc(N4C[C@@H](C)N[C@@H](C)C4)c4cc[nH]c34)cc(C)c2n1. The maximum atomic E-state index is 13.0. The monoisotopic (exact) mass is 417 g/mol. The Balaban J connectivity index is 1.46. The van der Waals surface area contributed by atoms with Crippen LogP contribution in [0.15, 0.2) is 36.7 Å². The molecule has 2 atom stereocenters. The summed E-state index contributed by atoms with van der Waals surface area (Å²) in [4.78, 5) is 23.2. The van der Waals surface area contributed by atoms with Gasteiger partial charge >= 0.3 is 0 Å². The highest BCUT2D eigenvalue weighted by Gasteiger charge is 2.23. The third-order valence-electron chi connectivity index (χ3n) is 5.81. The van der Waals surface area contributed by atoms with E-state index < -0.39 is 0 Å². The largest absolute Gasteiger partial charge is 0.368 e. The Morgan fingerprint density at radius 2 is 1.94 bits per heavy atom. The zero-order chi connectivity index (χ0) is 21.7. The number of piperazine rings is 1. The predicted molar refractivity (Wildman–Crippen MR) is 123 cm³/mol. The van der Waals surface area contributed by atoms with Crippen molar-refractivity contribution in [2.24, 2.45) is 0 Å². The van der Waals surface area contributed by atoms with E-state index in [1.165, 1.54) is 5.69 Å². The number of hydrogen-bond donors (Lipinski definition) is 3. The first-order chi connectivity index (χ1) is 14.9. The summed E-state index contributed by atoms with van der Waals surface area (Å²) in [5, 5.41) is 12.2. The maximum absolute atomic E-state index is 13.0. The van der Waals surface area contributed by atoms with Crippen LogP contribution in [0.4, 0.5) is 11.4 Å². The van der Waals surface area contributed by atoms with Gasteiger partial charge in [0.25, 0.3) is 5.91 Å². The molecule has 1 saturated heterocycles. The molecule has 0 saturated carbocycles. The van der Waals surface area contributed by atoms with Gasteiger partial charge in [-0.3, -0.25) is 4.79 Å². The van der Waals surface area contributed by atoms with Crippen LogP contribution in [0.2, 0.25) is 0 Å². The lowest BCUT2D eigenvalue weighted by molar-refractivity contribution is 0.102. The number of H-pyrrole nitrogens is 1. The van der Waals surface area contributed by atoms with Crippen LogP contribution in [-0.2, 0) is 0 Å². The minimum atomic E-state index is -0.246. The Hall–Kier alpha value is -3.39. The van der Waals surface area contributed by atoms with Gasteiger partial charge < -0.3 is 20.5 Å². The second-order valence-corrected chi connectivity index (χ2v) is 8.59. The fraction of sp³-hybridized carbons (Fsp3) is 0.348. The number of aromatic nitrogens is 4. The van der Waals surface area contributed by atoms with E-state index in [-0.39, 0.29) is 5.91 Å². The van der Waals surface area contributed by atoms with Gasteiger partial charge in [-0.25, -0.2) is 9.50 Å². The predicted octanol–water partition coefficient (Wildman–Crippen LogP) is 3.27. The van der Waals surface area contributed by atoms with Crippen molar-refractivity contribution in [2.45, 2.75) is 39.8 Å². The first kappa shape index (κ1) is 19.6. The second kappa shape index (κ2) is 7.39. The molecular weight excluding hydrogens is 390 g/mol. The third-order valence-corrected chi connectivity index (χ3v) is 5.81. The molecule has 1 fully saturated rings. The summed E-state index contributed by atoms with van der Waals surface area (Å²) < 4.78 is 1.67. The molecule has 31 heavy (non-hydrogen) atoms. The lowest BCUT2D eigenvalue weighted by Crippen LogP contribution is -2.54. The summed E-state index contributed by atoms with van der Waals surface area (Å²) in [7, 11) is 0. The lowest BCUT2D eigenvalue weighted by Gasteiger charge is -2.38. The molecule has 0 unspecified atom stereocenters. The van der Waals surface area contributed by atoms with Gasteiger partial charge in [-0.1, -0.05) is 0 Å². The number of fused-ring (bicyclic) bond motifs is 2. The molecule has 3 N–H and O–H groups in total. The number of carbonyl (C=O) groups excluding carboxylic acids is 1. The average Bonchev–Trinajstić information content (AvgIpc) is 3.34. The van der Waals surface area contributed by atoms with Gasteiger partial charge in [-0.2, -0.15) is 5.10 Å². The molecule has 0 aliphatic carbocycles. The van der Waals surface area contributed by atoms with Crippen molar-refractivity contribution in [2.75, 3.05) is 23.3 Å². The number of imidazole rings is 1. The summed E-state index contributed by atoms with van der Waals surface area (Å²) in [5.74, 6) is -0.246. The first-order valence-corrected chi connectivity index (χ1v) is 10.6. The van der Waals surface area contributed by atoms with Gasteiger partial charge in [-0.15, -0.1) is 0 Å². The van der Waals surface area contributed by atoms with Crippen LogP contribution in [0, 0.1) is 13.8 Å². The number of amides is 1. The molecule has 1 aliphatic heterocycles. The fourth-order valence-corrected chi connectivity index (χ4v) is 4.59. The zero-order valence-corrected chi connectivity index (χ0v) is 18.2. The van der Waals surface area contributed by atoms with Gasteiger partial charge in [0, 0.05) is 42.4 Å². The number of nitrogens with zero attached hydrogens (tertiary/aromatic N) is 4. The Morgan fingerprint density at radius 1 is 1.16 bits per heavy atom. The number of carbonyl (C=O) groups is 1. The number of hydrogen-bond acceptors (Lipinski definition) is 5. The molecule has 1 amide bonds. The van der Waals surface area contributed by atoms with Crippen molar-refractivity contribution in [3.05, 3.63) is 53.6 Å². The number of benzene rings is 1. The Kier molecular flexibility index (Phi) is 4.66. The van der Waals surface area contributed by atoms with E-state index in [1.807, 2.05) is 32.3 Å². The van der Waals surface area contributed by atoms with Crippen LogP contribution in [-0.4, -0.2) is 50.7 Å². The van der Waals surface area contributed by atoms with Crippen LogP contribution >= 0.6 is 0 Å². The molecule has 8 nitrogen and oxygen atoms in total. The molecule has 1 aromatic carbocycles. The second-order valence-electron chi connectivity index (χ2n) is 8.59. The molecule has 160 valence electrons. The number of aryl methyl sites for hydroxylation is 2. The van der Waals surface area contributed by atoms with Crippen molar-refractivity contribution in [1.29, 1.82) is 0 Å². The van der Waals surface area contributed by atoms with Gasteiger partial charge in [0.1, 0.15) is 5.69 Å². The Morgan fingerprint density at radius 3 is 2.71 bits per heavy atom. The van der Waals surface area contributed by atoms with E-state index in [4.69, 9.17) is 0 Å². The van der Waals surface area contributed by atoms with Crippen molar-refractivity contribution >= 4 is 33.8 Å². The van der Waals surface area contributed by atoms with Gasteiger partial charge in [-0.05, 0) is 57.5 Å². The zero-order valence-electron chi connectivity index (χ0n) is 18.2. The molecule has 4 heterocycles. The lowest BCUT2D eigenvalue weighted by atomic mass is 10.1. The highest BCUT2D eigenvalue weighted by Crippen LogP contribution is 2.33. The van der Waals surface area contributed by atoms with Crippen molar-refractivity contribution in [3.63, 3.8) is 0 Å². The standard InChI is InChI=1S/C23H27N7O/c1-13-9-19(28-30-12-16(4)26-22(13)30)23(31)27-18-5-6-20(17-7-8-24-21(17)18)29-10-14(2)25-15(3)11-29/h5-9,12,14-15,24-25H,10-11H2,1-4H3,(H,27,31)/t14-,15+. The Labute approximate surface area is 180 Å². The van der Waals surface area contributed by atoms with Gasteiger partial charge in [0.15, 0.2) is 5.65 Å². The van der Waals surface area contributed by atoms with E-state index in [9.17, 15) is 4.79 Å². The van der Waals surface area contributed by atoms with E-state index in [0.717, 1.165) is 46.6 Å². The van der Waals surface area contributed by atoms with Crippen molar-refractivity contribution in [1.82, 2.24) is 24.9 Å². The first-order valence-electron chi connectivity index (χ1n) is 10.6. The average molecular weight is 418 g/mol. The van der Waals surface area contributed by atoms with Crippen LogP contribution in [0.5, 0.6) is 0 Å². The highest BCUT2D eigenvalue weighted by atomic mass is 16.1. The minimum Gasteiger partial charge on any atom is -0.368 e. The summed E-state index contributed by atoms with van der Waals surface area (Å²) in [5.41, 5.74) is 5.75. The van der Waals surface area contributed by atoms with E-state index in [0.29, 0.717) is 17.8 Å². The fourth-order valence-electron chi connectivity index (χ4n) is 4.59. The maximum Gasteiger partial charge on any atom is 0.276 e. The summed E-state index contributed by atoms with van der Waals surface area (Å²) >= 11 is 0. The molecule has 0 bridgehead atoms. The molecular formula is C23H27N7O. The molecule has 0 radical (unpaired) electrons. The van der Waals surface area contributed by atoms with Crippen molar-refractivity contribution in [3.8, 4) is 0 Å². The molecule has 1 aliphatic rings. The van der Waals surface area contributed by atoms with Crippen LogP contribution in [0.1, 0.15) is 35.6 Å². The van der Waals surface area contributed by atoms with E-state index in [2.05, 4.69) is 56.6 Å². The normalized spacial score (nSPS) is 19.3. The topological polar surface area (TPSA) is 90.4 Å². The molecule has 4 aromatic rings. The van der Waals surface area contributed by atoms with E-state index >= 15 is 0 Å². The number of aromatic amines is 1. The summed E-state index contributed by atoms with van der Waals surface area (Å²) in [6.07, 6.45) is 3.74. The minimum absolute atomic E-state index is 0.246. The molecule has 3 aromatic heterocycles. The number of anilines is 2. The molecule has 5 rings (SSSR count). The van der Waals surface area contributed by atoms with E-state index in [1.54, 1.807) is 10.6 Å². The quantitative estimate of drug-likeness (QED) is 0.476. The van der Waals surface area contributed by atoms with Crippen LogP contribution in [0.25, 0.3) is 16.6 Å². The highest BCUT2D eigenvalue weighted by molar-refractivity contribution is 6.09. The number of rotatable bonds is 3. The summed E-state index contributed by atoms with van der Waals surface area (Å²) in [6, 6.07) is 8.76. The van der Waals surface area contributed by atoms with Crippen LogP contribution < -0.4 is 15.5 Å². The van der Waals surface area contributed by atoms with Gasteiger partial charge in [0.05, 0.1) is 23.1 Å².